The van der Waals surface area contributed by atoms with Crippen molar-refractivity contribution in [2.75, 3.05) is 13.1 Å². The number of nitrogens with zero attached hydrogens (tertiary/aromatic N) is 1. The van der Waals surface area contributed by atoms with Crippen LogP contribution >= 0.6 is 15.9 Å². The molecule has 106 valence electrons. The van der Waals surface area contributed by atoms with E-state index in [1.54, 1.807) is 6.07 Å². The number of carboxylic acid groups (broad SMARTS) is 1. The van der Waals surface area contributed by atoms with E-state index < -0.39 is 5.97 Å². The molecule has 4 nitrogen and oxygen atoms in total. The molecule has 1 aromatic rings. The quantitative estimate of drug-likeness (QED) is 0.902. The van der Waals surface area contributed by atoms with E-state index >= 15 is 0 Å². The van der Waals surface area contributed by atoms with Crippen molar-refractivity contribution in [3.8, 4) is 0 Å². The second-order valence-electron chi connectivity index (χ2n) is 6.28. The molecular weight excluding hydrogens is 322 g/mol. The Balaban J connectivity index is 1.80. The highest BCUT2D eigenvalue weighted by atomic mass is 79.9. The van der Waals surface area contributed by atoms with Gasteiger partial charge in [0.25, 0.3) is 5.91 Å². The van der Waals surface area contributed by atoms with Crippen LogP contribution in [-0.4, -0.2) is 35.0 Å². The molecule has 3 rings (SSSR count). The minimum atomic E-state index is -1.02. The SMILES string of the molecule is CC1(C)C2CN(C(=O)c3cc(Br)cc(C(=O)O)c3)CC21. The lowest BCUT2D eigenvalue weighted by Gasteiger charge is -2.22. The zero-order valence-electron chi connectivity index (χ0n) is 11.4. The van der Waals surface area contributed by atoms with E-state index in [-0.39, 0.29) is 11.5 Å². The molecule has 2 fully saturated rings. The highest BCUT2D eigenvalue weighted by molar-refractivity contribution is 9.10. The molecule has 1 aromatic carbocycles. The molecule has 2 atom stereocenters. The normalized spacial score (nSPS) is 26.2. The summed E-state index contributed by atoms with van der Waals surface area (Å²) in [5.74, 6) is 0.0950. The summed E-state index contributed by atoms with van der Waals surface area (Å²) >= 11 is 3.26. The van der Waals surface area contributed by atoms with Gasteiger partial charge in [0.15, 0.2) is 0 Å². The average molecular weight is 338 g/mol. The smallest absolute Gasteiger partial charge is 0.335 e. The van der Waals surface area contributed by atoms with Gasteiger partial charge in [-0.1, -0.05) is 29.8 Å². The van der Waals surface area contributed by atoms with Gasteiger partial charge in [0.2, 0.25) is 0 Å². The van der Waals surface area contributed by atoms with Crippen molar-refractivity contribution >= 4 is 27.8 Å². The van der Waals surface area contributed by atoms with Gasteiger partial charge in [0, 0.05) is 23.1 Å². The van der Waals surface area contributed by atoms with Crippen LogP contribution in [0.4, 0.5) is 0 Å². The standard InChI is InChI=1S/C15H16BrNO3/c1-15(2)11-6-17(7-12(11)15)13(18)8-3-9(14(19)20)5-10(16)4-8/h3-5,11-12H,6-7H2,1-2H3,(H,19,20). The van der Waals surface area contributed by atoms with Crippen LogP contribution < -0.4 is 0 Å². The van der Waals surface area contributed by atoms with Gasteiger partial charge in [0.05, 0.1) is 5.56 Å². The van der Waals surface area contributed by atoms with E-state index in [9.17, 15) is 9.59 Å². The zero-order valence-corrected chi connectivity index (χ0v) is 13.0. The third-order valence-corrected chi connectivity index (χ3v) is 5.26. The third-order valence-electron chi connectivity index (χ3n) is 4.80. The summed E-state index contributed by atoms with van der Waals surface area (Å²) in [6.45, 7) is 6.05. The van der Waals surface area contributed by atoms with Gasteiger partial charge in [-0.25, -0.2) is 4.79 Å². The molecule has 1 heterocycles. The third kappa shape index (κ3) is 2.04. The minimum absolute atomic E-state index is 0.0724. The first-order valence-electron chi connectivity index (χ1n) is 6.64. The highest BCUT2D eigenvalue weighted by Crippen LogP contribution is 2.62. The summed E-state index contributed by atoms with van der Waals surface area (Å²) in [5, 5.41) is 9.05. The number of carbonyl (C=O) groups is 2. The maximum Gasteiger partial charge on any atom is 0.335 e. The van der Waals surface area contributed by atoms with Gasteiger partial charge in [-0.15, -0.1) is 0 Å². The maximum absolute atomic E-state index is 12.5. The lowest BCUT2D eigenvalue weighted by atomic mass is 10.1. The fraction of sp³-hybridized carbons (Fsp3) is 0.467. The number of carboxylic acids is 1. The molecule has 1 aliphatic carbocycles. The van der Waals surface area contributed by atoms with Crippen LogP contribution in [0.15, 0.2) is 22.7 Å². The Hall–Kier alpha value is -1.36. The Morgan fingerprint density at radius 1 is 1.20 bits per heavy atom. The minimum Gasteiger partial charge on any atom is -0.478 e. The molecular formula is C15H16BrNO3. The number of piperidine rings is 1. The molecule has 2 unspecified atom stereocenters. The number of hydrogen-bond donors (Lipinski definition) is 1. The molecule has 1 aliphatic heterocycles. The predicted octanol–water partition coefficient (Wildman–Crippen LogP) is 2.88. The number of fused-ring (bicyclic) bond motifs is 1. The van der Waals surface area contributed by atoms with Crippen LogP contribution in [0.2, 0.25) is 0 Å². The molecule has 0 bridgehead atoms. The van der Waals surface area contributed by atoms with Crippen molar-refractivity contribution in [2.45, 2.75) is 13.8 Å². The summed E-state index contributed by atoms with van der Waals surface area (Å²) in [6, 6.07) is 4.64. The maximum atomic E-state index is 12.5. The second kappa shape index (κ2) is 4.32. The largest absolute Gasteiger partial charge is 0.478 e. The molecule has 1 saturated heterocycles. The number of amides is 1. The monoisotopic (exact) mass is 337 g/mol. The predicted molar refractivity (Wildman–Crippen MR) is 77.8 cm³/mol. The lowest BCUT2D eigenvalue weighted by molar-refractivity contribution is 0.0697. The molecule has 1 saturated carbocycles. The number of rotatable bonds is 2. The Kier molecular flexibility index (Phi) is 2.94. The fourth-order valence-corrected chi connectivity index (χ4v) is 3.81. The van der Waals surface area contributed by atoms with Crippen LogP contribution in [0, 0.1) is 17.3 Å². The number of likely N-dealkylation sites (tertiary alicyclic amines) is 1. The van der Waals surface area contributed by atoms with Crippen molar-refractivity contribution in [3.05, 3.63) is 33.8 Å². The van der Waals surface area contributed by atoms with Crippen molar-refractivity contribution in [2.24, 2.45) is 17.3 Å². The summed E-state index contributed by atoms with van der Waals surface area (Å²) in [5.41, 5.74) is 0.934. The first-order chi connectivity index (χ1) is 9.30. The van der Waals surface area contributed by atoms with Crippen LogP contribution in [-0.2, 0) is 0 Å². The molecule has 20 heavy (non-hydrogen) atoms. The molecule has 2 aliphatic rings. The number of aromatic carboxylic acids is 1. The van der Waals surface area contributed by atoms with Crippen LogP contribution in [0.5, 0.6) is 0 Å². The van der Waals surface area contributed by atoms with E-state index in [1.165, 1.54) is 12.1 Å². The van der Waals surface area contributed by atoms with Crippen molar-refractivity contribution in [3.63, 3.8) is 0 Å². The van der Waals surface area contributed by atoms with Gasteiger partial charge < -0.3 is 10.0 Å². The first-order valence-corrected chi connectivity index (χ1v) is 7.43. The number of halogens is 1. The van der Waals surface area contributed by atoms with Crippen LogP contribution in [0.25, 0.3) is 0 Å². The van der Waals surface area contributed by atoms with E-state index in [0.29, 0.717) is 27.3 Å². The topological polar surface area (TPSA) is 57.6 Å². The summed E-state index contributed by atoms with van der Waals surface area (Å²) in [7, 11) is 0. The second-order valence-corrected chi connectivity index (χ2v) is 7.19. The van der Waals surface area contributed by atoms with Crippen molar-refractivity contribution < 1.29 is 14.7 Å². The molecule has 1 N–H and O–H groups in total. The van der Waals surface area contributed by atoms with Gasteiger partial charge in [0.1, 0.15) is 0 Å². The van der Waals surface area contributed by atoms with E-state index in [4.69, 9.17) is 5.11 Å². The molecule has 1 amide bonds. The van der Waals surface area contributed by atoms with Gasteiger partial charge in [-0.2, -0.15) is 0 Å². The lowest BCUT2D eigenvalue weighted by Crippen LogP contribution is -2.33. The number of carbonyl (C=O) groups excluding carboxylic acids is 1. The van der Waals surface area contributed by atoms with Crippen molar-refractivity contribution in [1.82, 2.24) is 4.90 Å². The number of hydrogen-bond acceptors (Lipinski definition) is 2. The first kappa shape index (κ1) is 13.6. The highest BCUT2D eigenvalue weighted by Gasteiger charge is 2.62. The zero-order chi connectivity index (χ0) is 14.7. The van der Waals surface area contributed by atoms with E-state index in [2.05, 4.69) is 29.8 Å². The summed E-state index contributed by atoms with van der Waals surface area (Å²) in [6.07, 6.45) is 0. The van der Waals surface area contributed by atoms with Gasteiger partial charge in [-0.05, 0) is 35.4 Å². The van der Waals surface area contributed by atoms with Gasteiger partial charge in [-0.3, -0.25) is 4.79 Å². The Labute approximate surface area is 125 Å². The molecule has 0 radical (unpaired) electrons. The fourth-order valence-electron chi connectivity index (χ4n) is 3.32. The van der Waals surface area contributed by atoms with Crippen LogP contribution in [0.1, 0.15) is 34.6 Å². The van der Waals surface area contributed by atoms with E-state index in [1.807, 2.05) is 4.90 Å². The number of benzene rings is 1. The molecule has 0 spiro atoms. The molecule has 0 aromatic heterocycles. The Morgan fingerprint density at radius 3 is 2.30 bits per heavy atom. The Bertz CT molecular complexity index is 597. The summed E-state index contributed by atoms with van der Waals surface area (Å²) in [4.78, 5) is 25.4. The van der Waals surface area contributed by atoms with Crippen LogP contribution in [0.3, 0.4) is 0 Å². The Morgan fingerprint density at radius 2 is 1.75 bits per heavy atom. The summed E-state index contributed by atoms with van der Waals surface area (Å²) < 4.78 is 0.616. The van der Waals surface area contributed by atoms with Gasteiger partial charge >= 0.3 is 5.97 Å². The van der Waals surface area contributed by atoms with E-state index in [0.717, 1.165) is 13.1 Å². The molecule has 5 heteroatoms. The average Bonchev–Trinajstić information content (AvgIpc) is 2.79. The van der Waals surface area contributed by atoms with Crippen molar-refractivity contribution in [1.29, 1.82) is 0 Å².